The average molecular weight is 731 g/mol. The lowest BCUT2D eigenvalue weighted by Crippen LogP contribution is -2.00. The van der Waals surface area contributed by atoms with E-state index in [0.717, 1.165) is 88.4 Å². The predicted octanol–water partition coefficient (Wildman–Crippen LogP) is 13.4. The van der Waals surface area contributed by atoms with Crippen molar-refractivity contribution in [3.63, 3.8) is 0 Å². The van der Waals surface area contributed by atoms with Crippen molar-refractivity contribution in [3.05, 3.63) is 182 Å². The molecule has 0 saturated heterocycles. The van der Waals surface area contributed by atoms with Crippen molar-refractivity contribution in [2.24, 2.45) is 0 Å². The summed E-state index contributed by atoms with van der Waals surface area (Å²) < 4.78 is 15.7. The zero-order chi connectivity index (χ0) is 37.5. The molecule has 0 aliphatic heterocycles. The van der Waals surface area contributed by atoms with Crippen LogP contribution in [0.1, 0.15) is 0 Å². The molecule has 6 nitrogen and oxygen atoms in total. The number of rotatable bonds is 5. The molecule has 0 radical (unpaired) electrons. The Labute approximate surface area is 325 Å². The Morgan fingerprint density at radius 1 is 0.333 bits per heavy atom. The van der Waals surface area contributed by atoms with Gasteiger partial charge in [-0.25, -0.2) is 15.0 Å². The first-order valence-corrected chi connectivity index (χ1v) is 19.0. The van der Waals surface area contributed by atoms with Crippen molar-refractivity contribution in [2.45, 2.75) is 0 Å². The number of benzene rings is 8. The summed E-state index contributed by atoms with van der Waals surface area (Å²) >= 11 is 0. The highest BCUT2D eigenvalue weighted by Crippen LogP contribution is 2.43. The minimum Gasteiger partial charge on any atom is -0.456 e. The zero-order valence-electron chi connectivity index (χ0n) is 30.4. The van der Waals surface area contributed by atoms with Crippen LogP contribution in [-0.2, 0) is 0 Å². The van der Waals surface area contributed by atoms with Gasteiger partial charge in [0.2, 0.25) is 0 Å². The molecule has 12 aromatic rings. The van der Waals surface area contributed by atoms with Gasteiger partial charge in [0, 0.05) is 55.1 Å². The molecule has 0 atom stereocenters. The van der Waals surface area contributed by atoms with Gasteiger partial charge < -0.3 is 13.4 Å². The molecule has 266 valence electrons. The lowest BCUT2D eigenvalue weighted by molar-refractivity contribution is 0.668. The molecular formula is C51H30N4O2. The summed E-state index contributed by atoms with van der Waals surface area (Å²) in [4.78, 5) is 14.9. The SMILES string of the molecule is c1ccc(-c2nc(-c3ccccc3)nc(-c3ccc4c(c3)oc3cc(-n5c6ccccc6c6ccccc65)cc(-c5ccc6c(c5)oc5ccccc56)c34)n2)cc1. The number of para-hydroxylation sites is 3. The van der Waals surface area contributed by atoms with Crippen LogP contribution in [0.4, 0.5) is 0 Å². The van der Waals surface area contributed by atoms with Crippen LogP contribution < -0.4 is 0 Å². The van der Waals surface area contributed by atoms with Crippen LogP contribution in [0, 0.1) is 0 Å². The summed E-state index contributed by atoms with van der Waals surface area (Å²) in [5.41, 5.74) is 11.3. The lowest BCUT2D eigenvalue weighted by Gasteiger charge is -2.12. The van der Waals surface area contributed by atoms with E-state index in [-0.39, 0.29) is 0 Å². The molecule has 12 rings (SSSR count). The third-order valence-electron chi connectivity index (χ3n) is 11.0. The molecular weight excluding hydrogens is 701 g/mol. The highest BCUT2D eigenvalue weighted by atomic mass is 16.3. The maximum Gasteiger partial charge on any atom is 0.164 e. The number of fused-ring (bicyclic) bond motifs is 9. The van der Waals surface area contributed by atoms with Gasteiger partial charge in [-0.05, 0) is 59.7 Å². The van der Waals surface area contributed by atoms with Crippen molar-refractivity contribution >= 4 is 65.7 Å². The van der Waals surface area contributed by atoms with Gasteiger partial charge in [0.1, 0.15) is 22.3 Å². The van der Waals surface area contributed by atoms with Crippen LogP contribution in [-0.4, -0.2) is 19.5 Å². The fourth-order valence-corrected chi connectivity index (χ4v) is 8.42. The van der Waals surface area contributed by atoms with E-state index in [0.29, 0.717) is 17.5 Å². The Kier molecular flexibility index (Phi) is 6.83. The van der Waals surface area contributed by atoms with Gasteiger partial charge in [-0.15, -0.1) is 0 Å². The molecule has 0 spiro atoms. The van der Waals surface area contributed by atoms with Crippen LogP contribution >= 0.6 is 0 Å². The molecule has 6 heteroatoms. The Morgan fingerprint density at radius 2 is 0.825 bits per heavy atom. The van der Waals surface area contributed by atoms with Gasteiger partial charge in [0.15, 0.2) is 17.5 Å². The highest BCUT2D eigenvalue weighted by molar-refractivity contribution is 6.16. The molecule has 0 fully saturated rings. The number of nitrogens with zero attached hydrogens (tertiary/aromatic N) is 4. The van der Waals surface area contributed by atoms with E-state index >= 15 is 0 Å². The minimum absolute atomic E-state index is 0.576. The highest BCUT2D eigenvalue weighted by Gasteiger charge is 2.21. The largest absolute Gasteiger partial charge is 0.456 e. The Hall–Kier alpha value is -7.83. The molecule has 4 heterocycles. The lowest BCUT2D eigenvalue weighted by atomic mass is 9.97. The van der Waals surface area contributed by atoms with Gasteiger partial charge in [0.05, 0.1) is 16.7 Å². The topological polar surface area (TPSA) is 69.9 Å². The second-order valence-electron chi connectivity index (χ2n) is 14.4. The van der Waals surface area contributed by atoms with Crippen molar-refractivity contribution < 1.29 is 8.83 Å². The number of hydrogen-bond acceptors (Lipinski definition) is 5. The number of hydrogen-bond donors (Lipinski definition) is 0. The molecule has 0 aliphatic rings. The summed E-state index contributed by atoms with van der Waals surface area (Å²) in [6, 6.07) is 62.7. The second kappa shape index (κ2) is 12.3. The molecule has 0 bridgehead atoms. The van der Waals surface area contributed by atoms with E-state index in [4.69, 9.17) is 23.8 Å². The summed E-state index contributed by atoms with van der Waals surface area (Å²) in [6.45, 7) is 0. The van der Waals surface area contributed by atoms with E-state index in [1.165, 1.54) is 10.8 Å². The first-order chi connectivity index (χ1) is 28.2. The van der Waals surface area contributed by atoms with Gasteiger partial charge in [-0.2, -0.15) is 0 Å². The van der Waals surface area contributed by atoms with E-state index in [2.05, 4.69) is 114 Å². The fraction of sp³-hybridized carbons (Fsp3) is 0. The maximum absolute atomic E-state index is 6.90. The summed E-state index contributed by atoms with van der Waals surface area (Å²) in [5.74, 6) is 1.80. The predicted molar refractivity (Wildman–Crippen MR) is 230 cm³/mol. The fourth-order valence-electron chi connectivity index (χ4n) is 8.42. The van der Waals surface area contributed by atoms with Crippen molar-refractivity contribution in [1.29, 1.82) is 0 Å². The van der Waals surface area contributed by atoms with Crippen LogP contribution in [0.3, 0.4) is 0 Å². The molecule has 0 amide bonds. The van der Waals surface area contributed by atoms with Gasteiger partial charge in [-0.3, -0.25) is 0 Å². The molecule has 8 aromatic carbocycles. The van der Waals surface area contributed by atoms with Crippen LogP contribution in [0.2, 0.25) is 0 Å². The third kappa shape index (κ3) is 5.01. The standard InChI is InChI=1S/C51H30N4O2/c1-3-13-31(14-4-1)49-52-50(32-15-5-2-6-16-32)54-51(53-49)34-24-26-40-46(28-34)57-47-30-35(55-42-20-10-7-17-36(42)37-18-8-11-21-43(37)55)29-41(48(40)47)33-23-25-39-38-19-9-12-22-44(38)56-45(39)27-33/h1-30H. The van der Waals surface area contributed by atoms with E-state index in [9.17, 15) is 0 Å². The van der Waals surface area contributed by atoms with Crippen molar-refractivity contribution in [1.82, 2.24) is 19.5 Å². The Morgan fingerprint density at radius 3 is 1.51 bits per heavy atom. The smallest absolute Gasteiger partial charge is 0.164 e. The molecule has 4 aromatic heterocycles. The Balaban J connectivity index is 1.10. The van der Waals surface area contributed by atoms with Crippen LogP contribution in [0.5, 0.6) is 0 Å². The van der Waals surface area contributed by atoms with E-state index in [1.54, 1.807) is 0 Å². The van der Waals surface area contributed by atoms with Crippen LogP contribution in [0.15, 0.2) is 191 Å². The quantitative estimate of drug-likeness (QED) is 0.176. The first-order valence-electron chi connectivity index (χ1n) is 19.0. The summed E-state index contributed by atoms with van der Waals surface area (Å²) in [5, 5.41) is 6.64. The molecule has 57 heavy (non-hydrogen) atoms. The molecule has 0 unspecified atom stereocenters. The normalized spacial score (nSPS) is 11.9. The van der Waals surface area contributed by atoms with Crippen molar-refractivity contribution in [2.75, 3.05) is 0 Å². The van der Waals surface area contributed by atoms with Gasteiger partial charge in [0.25, 0.3) is 0 Å². The van der Waals surface area contributed by atoms with Crippen molar-refractivity contribution in [3.8, 4) is 51.0 Å². The first kappa shape index (κ1) is 31.5. The van der Waals surface area contributed by atoms with Gasteiger partial charge in [-0.1, -0.05) is 127 Å². The Bertz CT molecular complexity index is 3410. The average Bonchev–Trinajstić information content (AvgIpc) is 3.95. The van der Waals surface area contributed by atoms with E-state index < -0.39 is 0 Å². The summed E-state index contributed by atoms with van der Waals surface area (Å²) in [6.07, 6.45) is 0. The number of furan rings is 2. The maximum atomic E-state index is 6.90. The third-order valence-corrected chi connectivity index (χ3v) is 11.0. The second-order valence-corrected chi connectivity index (χ2v) is 14.4. The molecule has 0 aliphatic carbocycles. The number of aromatic nitrogens is 4. The minimum atomic E-state index is 0.576. The van der Waals surface area contributed by atoms with Crippen LogP contribution in [0.25, 0.3) is 117 Å². The zero-order valence-corrected chi connectivity index (χ0v) is 30.4. The van der Waals surface area contributed by atoms with E-state index in [1.807, 2.05) is 72.8 Å². The molecule has 0 saturated carbocycles. The molecule has 0 N–H and O–H groups in total. The monoisotopic (exact) mass is 730 g/mol. The summed E-state index contributed by atoms with van der Waals surface area (Å²) in [7, 11) is 0. The van der Waals surface area contributed by atoms with Gasteiger partial charge >= 0.3 is 0 Å².